The van der Waals surface area contributed by atoms with E-state index in [0.717, 1.165) is 189 Å². The summed E-state index contributed by atoms with van der Waals surface area (Å²) in [5, 5.41) is 45.3. The third kappa shape index (κ3) is 17.8. The lowest BCUT2D eigenvalue weighted by Crippen LogP contribution is -2.34. The molecule has 4 amide bonds. The zero-order valence-corrected chi connectivity index (χ0v) is 79.9. The molecule has 0 saturated carbocycles. The van der Waals surface area contributed by atoms with Crippen molar-refractivity contribution in [3.05, 3.63) is 217 Å². The van der Waals surface area contributed by atoms with E-state index in [0.29, 0.717) is 84.7 Å². The molecule has 0 aliphatic carbocycles. The van der Waals surface area contributed by atoms with Crippen LogP contribution in [0.15, 0.2) is 172 Å². The maximum atomic E-state index is 12.7. The molecule has 4 saturated heterocycles. The number of hydrogen-bond acceptors (Lipinski definition) is 28. The van der Waals surface area contributed by atoms with Gasteiger partial charge in [-0.2, -0.15) is 20.4 Å². The first-order valence-corrected chi connectivity index (χ1v) is 47.0. The quantitative estimate of drug-likeness (QED) is 0.0386. The van der Waals surface area contributed by atoms with Gasteiger partial charge in [0.2, 0.25) is 23.6 Å². The van der Waals surface area contributed by atoms with Gasteiger partial charge in [0.25, 0.3) is 0 Å². The third-order valence-electron chi connectivity index (χ3n) is 25.0. The lowest BCUT2D eigenvalue weighted by atomic mass is 9.98. The summed E-state index contributed by atoms with van der Waals surface area (Å²) in [4.78, 5) is 81.7. The van der Waals surface area contributed by atoms with Gasteiger partial charge >= 0.3 is 0 Å². The molecule has 134 heavy (non-hydrogen) atoms. The number of nitrogens with two attached hydrogens (primary N) is 4. The van der Waals surface area contributed by atoms with Crippen LogP contribution in [0, 0.1) is 27.7 Å². The van der Waals surface area contributed by atoms with E-state index in [1.165, 1.54) is 37.5 Å². The molecule has 4 fully saturated rings. The Morgan fingerprint density at radius 3 is 1.00 bits per heavy atom. The van der Waals surface area contributed by atoms with Gasteiger partial charge in [0, 0.05) is 142 Å². The van der Waals surface area contributed by atoms with Crippen molar-refractivity contribution < 1.29 is 48.3 Å². The van der Waals surface area contributed by atoms with E-state index in [9.17, 15) is 29.4 Å². The maximum absolute atomic E-state index is 12.7. The average molecular weight is 1880 g/mol. The number of ether oxygens (including phenoxy) is 4. The van der Waals surface area contributed by atoms with Crippen molar-refractivity contribution in [1.82, 2.24) is 87.8 Å². The Morgan fingerprint density at radius 1 is 0.418 bits per heavy atom. The molecule has 4 aliphatic rings. The third-order valence-corrected chi connectivity index (χ3v) is 29.7. The first-order chi connectivity index (χ1) is 64.4. The molecule has 10 N–H and O–H groups in total. The number of hydrogen-bond donors (Lipinski definition) is 6. The largest absolute Gasteiger partial charge is 0.495 e. The fourth-order valence-electron chi connectivity index (χ4n) is 18.5. The summed E-state index contributed by atoms with van der Waals surface area (Å²) < 4.78 is 33.8. The highest BCUT2D eigenvalue weighted by Crippen LogP contribution is 2.50. The van der Waals surface area contributed by atoms with Gasteiger partial charge in [-0.05, 0) is 197 Å². The number of amides is 4. The second-order valence-electron chi connectivity index (χ2n) is 34.8. The Kier molecular flexibility index (Phi) is 26.0. The molecule has 4 aliphatic heterocycles. The predicted molar refractivity (Wildman–Crippen MR) is 532 cm³/mol. The monoisotopic (exact) mass is 1880 g/mol. The predicted octanol–water partition coefficient (Wildman–Crippen LogP) is 14.1. The van der Waals surface area contributed by atoms with Crippen molar-refractivity contribution in [1.29, 1.82) is 0 Å². The van der Waals surface area contributed by atoms with Gasteiger partial charge in [0.1, 0.15) is 81.6 Å². The van der Waals surface area contributed by atoms with Crippen molar-refractivity contribution >= 4 is 155 Å². The fourth-order valence-corrected chi connectivity index (χ4v) is 23.1. The summed E-state index contributed by atoms with van der Waals surface area (Å²) in [6, 6.07) is 33.4. The van der Waals surface area contributed by atoms with E-state index in [2.05, 4.69) is 140 Å². The number of thiophene rings is 4. The number of likely N-dealkylation sites (tertiary alicyclic amines) is 4. The van der Waals surface area contributed by atoms with Gasteiger partial charge in [0.15, 0.2) is 23.3 Å². The van der Waals surface area contributed by atoms with Gasteiger partial charge < -0.3 is 81.5 Å². The van der Waals surface area contributed by atoms with E-state index < -0.39 is 11.2 Å². The molecular weight excluding hydrogens is 1770 g/mol. The Balaban J connectivity index is 0.000000124. The van der Waals surface area contributed by atoms with E-state index in [1.54, 1.807) is 105 Å². The number of rotatable bonds is 20. The van der Waals surface area contributed by atoms with E-state index in [4.69, 9.17) is 41.9 Å². The molecule has 16 heterocycles. The minimum atomic E-state index is -1.26. The molecule has 0 bridgehead atoms. The number of β-amino-alcohol motifs (C(OH)–C–C–N with tert-alkyl or cyclic N) is 2. The van der Waals surface area contributed by atoms with Crippen LogP contribution >= 0.6 is 45.3 Å². The van der Waals surface area contributed by atoms with Crippen LogP contribution in [0.4, 0.5) is 23.3 Å². The van der Waals surface area contributed by atoms with Gasteiger partial charge in [-0.25, -0.2) is 38.0 Å². The maximum Gasteiger partial charge on any atom is 0.246 e. The number of methoxy groups -OCH3 is 4. The fraction of sp³-hybridized carbons (Fsp3) is 0.306. The highest BCUT2D eigenvalue weighted by molar-refractivity contribution is 7.24. The number of nitrogen functional groups attached to an aromatic ring is 4. The molecular formula is C98H106N22O10S4. The number of anilines is 4. The lowest BCUT2D eigenvalue weighted by Gasteiger charge is -2.22. The van der Waals surface area contributed by atoms with Gasteiger partial charge in [-0.15, -0.1) is 45.3 Å². The summed E-state index contributed by atoms with van der Waals surface area (Å²) >= 11 is 6.54. The second-order valence-corrected chi connectivity index (χ2v) is 39.0. The van der Waals surface area contributed by atoms with Gasteiger partial charge in [-0.3, -0.25) is 19.2 Å². The molecule has 4 aromatic carbocycles. The summed E-state index contributed by atoms with van der Waals surface area (Å²) in [6.07, 6.45) is 18.0. The number of fused-ring (bicyclic) bond motifs is 8. The molecule has 20 rings (SSSR count). The molecule has 0 spiro atoms. The van der Waals surface area contributed by atoms with E-state index in [-0.39, 0.29) is 48.6 Å². The average Bonchev–Trinajstić information content (AvgIpc) is 1.59. The van der Waals surface area contributed by atoms with Crippen LogP contribution in [0.2, 0.25) is 0 Å². The number of likely N-dealkylation sites (N-methyl/N-ethyl adjacent to an activating group) is 2. The summed E-state index contributed by atoms with van der Waals surface area (Å²) in [6.45, 7) is 20.7. The first kappa shape index (κ1) is 92.1. The van der Waals surface area contributed by atoms with Crippen molar-refractivity contribution in [3.63, 3.8) is 0 Å². The molecule has 12 aromatic heterocycles. The molecule has 32 nitrogen and oxygen atoms in total. The summed E-state index contributed by atoms with van der Waals surface area (Å²) in [5.41, 5.74) is 37.1. The van der Waals surface area contributed by atoms with Crippen molar-refractivity contribution in [2.24, 2.45) is 0 Å². The van der Waals surface area contributed by atoms with Crippen LogP contribution in [0.3, 0.4) is 0 Å². The van der Waals surface area contributed by atoms with Crippen LogP contribution in [0.1, 0.15) is 82.5 Å². The topological polar surface area (TPSA) is 390 Å². The smallest absolute Gasteiger partial charge is 0.246 e. The Bertz CT molecular complexity index is 6950. The standard InChI is InChI=1S/2C26H30N6O2S.2C23H23N5O3S/c2*1-16-10-18-12-22(35-25(18)21(11-16)34-4)19-13-20(32-24(19)26(27)28-15-29-32)17-7-9-31(14-17)23(33)6-5-8-30(2)3;2*1-4-19(29)27-6-5-23(30,11-27)18-10-15(20-22(24)25-12-26-28(18)20)17-9-14-7-13(2)8-16(31-3)21(14)32-17/h2*5-6,10-13,15,17H,7-9,14H2,1-4H3,(H2,27,28,29);2*4,7-10,12,30H,1,5-6,11H2,2-3H3,(H2,24,25,26)/b2*6-5+;;/t2*17-;2*23-/m1010/s1. The lowest BCUT2D eigenvalue weighted by molar-refractivity contribution is -0.126. The number of benzene rings is 4. The molecule has 692 valence electrons. The van der Waals surface area contributed by atoms with Crippen LogP contribution in [0.5, 0.6) is 23.0 Å². The Hall–Kier alpha value is -13.7. The van der Waals surface area contributed by atoms with Crippen LogP contribution in [-0.2, 0) is 30.4 Å². The van der Waals surface area contributed by atoms with Crippen molar-refractivity contribution in [2.75, 3.05) is 145 Å². The minimum absolute atomic E-state index is 0.0524. The molecule has 36 heteroatoms. The van der Waals surface area contributed by atoms with Crippen LogP contribution in [0.25, 0.3) is 104 Å². The highest BCUT2D eigenvalue weighted by Gasteiger charge is 2.45. The number of aromatic nitrogens is 12. The Morgan fingerprint density at radius 2 is 0.709 bits per heavy atom. The summed E-state index contributed by atoms with van der Waals surface area (Å²) in [5.74, 6) is 4.94. The van der Waals surface area contributed by atoms with Crippen LogP contribution in [-0.4, -0.2) is 244 Å². The van der Waals surface area contributed by atoms with E-state index in [1.807, 2.05) is 107 Å². The zero-order chi connectivity index (χ0) is 94.6. The van der Waals surface area contributed by atoms with Gasteiger partial charge in [0.05, 0.1) is 71.7 Å². The molecule has 0 unspecified atom stereocenters. The minimum Gasteiger partial charge on any atom is -0.495 e. The molecule has 0 radical (unpaired) electrons. The normalized spacial score (nSPS) is 17.4. The SMILES string of the molecule is C=CC(=O)N1CC[C@@](O)(c2cc(-c3cc4cc(C)cc(OC)c4s3)c3c(N)ncnn23)C1.C=CC(=O)N1CC[C@](O)(c2cc(-c3cc4cc(C)cc(OC)c4s3)c3c(N)ncnn23)C1.COc1cc(C)cc2cc(-c3cc([C@@H]4CCN(C(=O)/C=C/CN(C)C)C4)n4ncnc(N)c34)sc12.COc1cc(C)cc2cc(-c3cc([C@H]4CCN(C(=O)/C=C/CN(C)C)C4)n4ncnc(N)c34)sc12. The van der Waals surface area contributed by atoms with Gasteiger partial charge in [-0.1, -0.05) is 49.6 Å². The Labute approximate surface area is 788 Å². The summed E-state index contributed by atoms with van der Waals surface area (Å²) in [7, 11) is 14.7. The van der Waals surface area contributed by atoms with E-state index >= 15 is 0 Å². The zero-order valence-electron chi connectivity index (χ0n) is 76.6. The molecule has 4 atom stereocenters. The second kappa shape index (κ2) is 37.7. The highest BCUT2D eigenvalue weighted by atomic mass is 32.1. The van der Waals surface area contributed by atoms with Crippen LogP contribution < -0.4 is 41.9 Å². The molecule has 16 aromatic rings. The van der Waals surface area contributed by atoms with Crippen molar-refractivity contribution in [3.8, 4) is 64.8 Å². The number of carbonyl (C=O) groups is 4. The van der Waals surface area contributed by atoms with Crippen molar-refractivity contribution in [2.45, 2.75) is 76.4 Å². The first-order valence-electron chi connectivity index (χ1n) is 43.7. The number of aryl methyl sites for hydroxylation is 4. The number of carbonyl (C=O) groups excluding carboxylic acids is 4. The number of aliphatic hydroxyl groups is 2. The number of nitrogens with zero attached hydrogens (tertiary/aromatic N) is 18.